The Morgan fingerprint density at radius 3 is 1.66 bits per heavy atom. The first-order chi connectivity index (χ1) is 23.2. The highest BCUT2D eigenvalue weighted by atomic mass is 15.1. The molecule has 0 aliphatic rings. The topological polar surface area (TPSA) is 6.48 Å². The first-order valence-corrected chi connectivity index (χ1v) is 16.0. The van der Waals surface area contributed by atoms with Gasteiger partial charge in [-0.1, -0.05) is 134 Å². The van der Waals surface area contributed by atoms with Crippen molar-refractivity contribution in [3.05, 3.63) is 199 Å². The lowest BCUT2D eigenvalue weighted by molar-refractivity contribution is 1.28. The Morgan fingerprint density at radius 2 is 1.00 bits per heavy atom. The van der Waals surface area contributed by atoms with Gasteiger partial charge in [-0.15, -0.1) is 0 Å². The number of nitrogens with zero attached hydrogens (tertiary/aromatic N) is 2. The number of para-hydroxylation sites is 2. The molecule has 7 rings (SSSR count). The molecule has 0 bridgehead atoms. The molecule has 2 nitrogen and oxygen atoms in total. The molecule has 0 atom stereocenters. The van der Waals surface area contributed by atoms with Crippen molar-refractivity contribution < 1.29 is 0 Å². The maximum absolute atomic E-state index is 4.24. The van der Waals surface area contributed by atoms with Crippen LogP contribution in [-0.4, -0.2) is 0 Å². The molecule has 0 fully saturated rings. The second-order valence-corrected chi connectivity index (χ2v) is 11.4. The predicted molar refractivity (Wildman–Crippen MR) is 202 cm³/mol. The molecule has 0 heterocycles. The molecular formula is C45H36N2. The fourth-order valence-corrected chi connectivity index (χ4v) is 6.32. The Bertz CT molecular complexity index is 2250. The van der Waals surface area contributed by atoms with Crippen LogP contribution in [0.2, 0.25) is 0 Å². The standard InChI is InChI=1S/C45H36N2/c1-3-34-16-11-13-23-42(34)44(4-2)46(38-19-7-5-8-20-38)40-30-26-35(27-31-40)36-28-32-41(33-29-36)47(39-21-9-6-10-22-39)45-25-15-18-37-17-12-14-24-43(37)45/h3-33H,2H2,1H3/b34-3-,44-42+. The van der Waals surface area contributed by atoms with Gasteiger partial charge in [-0.3, -0.25) is 0 Å². The van der Waals surface area contributed by atoms with Gasteiger partial charge in [0, 0.05) is 33.4 Å². The lowest BCUT2D eigenvalue weighted by Gasteiger charge is -2.27. The maximum atomic E-state index is 4.24. The molecule has 0 spiro atoms. The minimum atomic E-state index is 1.04. The van der Waals surface area contributed by atoms with Crippen molar-refractivity contribution in [3.8, 4) is 11.1 Å². The molecule has 0 aliphatic carbocycles. The van der Waals surface area contributed by atoms with Gasteiger partial charge in [-0.05, 0) is 89.3 Å². The van der Waals surface area contributed by atoms with Crippen molar-refractivity contribution in [2.45, 2.75) is 6.92 Å². The van der Waals surface area contributed by atoms with Crippen LogP contribution in [0.5, 0.6) is 0 Å². The first kappa shape index (κ1) is 29.6. The number of hydrogen-bond donors (Lipinski definition) is 0. The summed E-state index contributed by atoms with van der Waals surface area (Å²) in [7, 11) is 0. The zero-order valence-corrected chi connectivity index (χ0v) is 26.5. The van der Waals surface area contributed by atoms with Crippen molar-refractivity contribution in [1.82, 2.24) is 0 Å². The van der Waals surface area contributed by atoms with Crippen LogP contribution in [0.1, 0.15) is 6.92 Å². The van der Waals surface area contributed by atoms with Gasteiger partial charge < -0.3 is 9.80 Å². The predicted octanol–water partition coefficient (Wildman–Crippen LogP) is 10.9. The molecule has 0 aromatic heterocycles. The van der Waals surface area contributed by atoms with Crippen molar-refractivity contribution in [3.63, 3.8) is 0 Å². The first-order valence-electron chi connectivity index (χ1n) is 16.0. The molecule has 0 unspecified atom stereocenters. The fraction of sp³-hybridized carbons (Fsp3) is 0.0222. The minimum Gasteiger partial charge on any atom is -0.310 e. The Labute approximate surface area is 277 Å². The number of fused-ring (bicyclic) bond motifs is 1. The summed E-state index contributed by atoms with van der Waals surface area (Å²) in [5.41, 5.74) is 8.91. The van der Waals surface area contributed by atoms with Crippen LogP contribution in [0.4, 0.5) is 28.4 Å². The zero-order chi connectivity index (χ0) is 32.0. The molecule has 0 saturated heterocycles. The van der Waals surface area contributed by atoms with E-state index in [1.807, 2.05) is 6.08 Å². The van der Waals surface area contributed by atoms with Crippen molar-refractivity contribution >= 4 is 51.0 Å². The average Bonchev–Trinajstić information content (AvgIpc) is 3.15. The third-order valence-electron chi connectivity index (χ3n) is 8.60. The quantitative estimate of drug-likeness (QED) is 0.170. The van der Waals surface area contributed by atoms with E-state index < -0.39 is 0 Å². The third-order valence-corrected chi connectivity index (χ3v) is 8.60. The molecule has 7 aromatic rings. The molecule has 0 saturated carbocycles. The van der Waals surface area contributed by atoms with E-state index >= 15 is 0 Å². The second kappa shape index (κ2) is 13.5. The zero-order valence-electron chi connectivity index (χ0n) is 26.5. The number of hydrogen-bond acceptors (Lipinski definition) is 2. The summed E-state index contributed by atoms with van der Waals surface area (Å²) in [6, 6.07) is 62.3. The van der Waals surface area contributed by atoms with E-state index in [1.54, 1.807) is 0 Å². The van der Waals surface area contributed by atoms with E-state index in [0.717, 1.165) is 50.5 Å². The van der Waals surface area contributed by atoms with E-state index in [0.29, 0.717) is 0 Å². The summed E-state index contributed by atoms with van der Waals surface area (Å²) < 4.78 is 0. The summed E-state index contributed by atoms with van der Waals surface area (Å²) in [4.78, 5) is 4.62. The number of anilines is 5. The normalized spacial score (nSPS) is 12.1. The van der Waals surface area contributed by atoms with Crippen molar-refractivity contribution in [1.29, 1.82) is 0 Å². The van der Waals surface area contributed by atoms with Crippen molar-refractivity contribution in [2.75, 3.05) is 9.80 Å². The highest BCUT2D eigenvalue weighted by molar-refractivity contribution is 5.99. The molecule has 0 aliphatic heterocycles. The highest BCUT2D eigenvalue weighted by Gasteiger charge is 2.16. The highest BCUT2D eigenvalue weighted by Crippen LogP contribution is 2.39. The van der Waals surface area contributed by atoms with Crippen LogP contribution in [0.25, 0.3) is 33.7 Å². The van der Waals surface area contributed by atoms with E-state index in [1.165, 1.54) is 16.0 Å². The van der Waals surface area contributed by atoms with Crippen LogP contribution in [-0.2, 0) is 0 Å². The van der Waals surface area contributed by atoms with Gasteiger partial charge in [0.05, 0.1) is 11.4 Å². The summed E-state index contributed by atoms with van der Waals surface area (Å²) >= 11 is 0. The summed E-state index contributed by atoms with van der Waals surface area (Å²) in [6.45, 7) is 6.31. The smallest absolute Gasteiger partial charge is 0.0540 e. The van der Waals surface area contributed by atoms with Gasteiger partial charge in [-0.25, -0.2) is 0 Å². The van der Waals surface area contributed by atoms with E-state index in [4.69, 9.17) is 0 Å². The Morgan fingerprint density at radius 1 is 0.489 bits per heavy atom. The van der Waals surface area contributed by atoms with Gasteiger partial charge in [0.25, 0.3) is 0 Å². The molecule has 0 amide bonds. The lowest BCUT2D eigenvalue weighted by atomic mass is 10.0. The number of rotatable bonds is 8. The van der Waals surface area contributed by atoms with Gasteiger partial charge in [0.1, 0.15) is 0 Å². The molecular weight excluding hydrogens is 569 g/mol. The molecule has 0 N–H and O–H groups in total. The monoisotopic (exact) mass is 604 g/mol. The Hall–Kier alpha value is -6.12. The van der Waals surface area contributed by atoms with Crippen LogP contribution in [0.3, 0.4) is 0 Å². The Balaban J connectivity index is 1.27. The van der Waals surface area contributed by atoms with Gasteiger partial charge in [0.2, 0.25) is 0 Å². The largest absolute Gasteiger partial charge is 0.310 e. The Kier molecular flexibility index (Phi) is 8.48. The minimum absolute atomic E-state index is 1.04. The second-order valence-electron chi connectivity index (χ2n) is 11.4. The lowest BCUT2D eigenvalue weighted by Crippen LogP contribution is -2.31. The van der Waals surface area contributed by atoms with E-state index in [-0.39, 0.29) is 0 Å². The molecule has 7 aromatic carbocycles. The summed E-state index contributed by atoms with van der Waals surface area (Å²) in [6.07, 6.45) is 4.10. The molecule has 2 heteroatoms. The molecule has 0 radical (unpaired) electrons. The van der Waals surface area contributed by atoms with E-state index in [2.05, 4.69) is 205 Å². The molecule has 226 valence electrons. The SMILES string of the molecule is C=C/C(=c1/cccc/c1=C/C)N(c1ccccc1)c1ccc(-c2ccc(N(c3ccccc3)c3cccc4ccccc34)cc2)cc1. The van der Waals surface area contributed by atoms with Crippen LogP contribution in [0.15, 0.2) is 189 Å². The van der Waals surface area contributed by atoms with Crippen LogP contribution in [0, 0.1) is 0 Å². The fourth-order valence-electron chi connectivity index (χ4n) is 6.32. The number of benzene rings is 7. The average molecular weight is 605 g/mol. The maximum Gasteiger partial charge on any atom is 0.0540 e. The third kappa shape index (κ3) is 5.97. The summed E-state index contributed by atoms with van der Waals surface area (Å²) in [5.74, 6) is 0. The van der Waals surface area contributed by atoms with Crippen LogP contribution >= 0.6 is 0 Å². The summed E-state index contributed by atoms with van der Waals surface area (Å²) in [5, 5.41) is 4.76. The van der Waals surface area contributed by atoms with Gasteiger partial charge in [0.15, 0.2) is 0 Å². The van der Waals surface area contributed by atoms with Gasteiger partial charge in [-0.2, -0.15) is 0 Å². The molecule has 47 heavy (non-hydrogen) atoms. The van der Waals surface area contributed by atoms with Crippen molar-refractivity contribution in [2.24, 2.45) is 0 Å². The van der Waals surface area contributed by atoms with Crippen LogP contribution < -0.4 is 20.2 Å². The van der Waals surface area contributed by atoms with E-state index in [9.17, 15) is 0 Å². The van der Waals surface area contributed by atoms with Gasteiger partial charge >= 0.3 is 0 Å².